The van der Waals surface area contributed by atoms with Crippen molar-refractivity contribution in [3.63, 3.8) is 0 Å². The van der Waals surface area contributed by atoms with E-state index >= 15 is 0 Å². The Bertz CT molecular complexity index is 1270. The Morgan fingerprint density at radius 2 is 1.77 bits per heavy atom. The summed E-state index contributed by atoms with van der Waals surface area (Å²) in [5.41, 5.74) is 5.86. The van der Waals surface area contributed by atoms with Crippen molar-refractivity contribution in [3.8, 4) is 0 Å². The average Bonchev–Trinajstić information content (AvgIpc) is 3.26. The summed E-state index contributed by atoms with van der Waals surface area (Å²) in [7, 11) is -3.68. The predicted octanol–water partition coefficient (Wildman–Crippen LogP) is 5.93. The summed E-state index contributed by atoms with van der Waals surface area (Å²) in [6.07, 6.45) is 5.43. The van der Waals surface area contributed by atoms with Crippen molar-refractivity contribution in [2.45, 2.75) is 37.1 Å². The summed E-state index contributed by atoms with van der Waals surface area (Å²) in [4.78, 5) is 0.297. The molecule has 0 spiro atoms. The fourth-order valence-electron chi connectivity index (χ4n) is 4.78. The number of anilines is 2. The average molecular weight is 431 g/mol. The minimum Gasteiger partial charge on any atom is -0.378 e. The Labute approximate surface area is 184 Å². The molecular weight excluding hydrogens is 404 g/mol. The van der Waals surface area contributed by atoms with Gasteiger partial charge in [-0.05, 0) is 72.7 Å². The van der Waals surface area contributed by atoms with Crippen LogP contribution < -0.4 is 10.0 Å². The third-order valence-corrected chi connectivity index (χ3v) is 7.80. The first kappa shape index (κ1) is 19.9. The van der Waals surface area contributed by atoms with E-state index in [1.54, 1.807) is 6.07 Å². The molecule has 5 heteroatoms. The molecule has 0 saturated carbocycles. The standard InChI is InChI=1S/C26H26N2O2S/c1-17-11-12-18(2)25(15-17)28-31(29,30)20-13-14-24-23(16-20)21-9-6-10-22(21)26(27-24)19-7-4-3-5-8-19/h3-9,11-16,21-22,26-28H,10H2,1-2H3/t21-,22+,26+/m0/s1. The van der Waals surface area contributed by atoms with Crippen molar-refractivity contribution in [3.05, 3.63) is 101 Å². The van der Waals surface area contributed by atoms with Crippen LogP contribution in [0, 0.1) is 19.8 Å². The van der Waals surface area contributed by atoms with Gasteiger partial charge >= 0.3 is 0 Å². The zero-order valence-corrected chi connectivity index (χ0v) is 18.5. The lowest BCUT2D eigenvalue weighted by atomic mass is 9.77. The van der Waals surface area contributed by atoms with Crippen LogP contribution in [-0.4, -0.2) is 8.42 Å². The second-order valence-electron chi connectivity index (χ2n) is 8.56. The van der Waals surface area contributed by atoms with E-state index in [1.165, 1.54) is 5.56 Å². The van der Waals surface area contributed by atoms with Crippen molar-refractivity contribution >= 4 is 21.4 Å². The van der Waals surface area contributed by atoms with Crippen molar-refractivity contribution in [2.24, 2.45) is 5.92 Å². The van der Waals surface area contributed by atoms with Gasteiger partial charge in [0.25, 0.3) is 10.0 Å². The highest BCUT2D eigenvalue weighted by atomic mass is 32.2. The second kappa shape index (κ2) is 7.57. The van der Waals surface area contributed by atoms with Crippen molar-refractivity contribution in [2.75, 3.05) is 10.0 Å². The van der Waals surface area contributed by atoms with E-state index < -0.39 is 10.0 Å². The van der Waals surface area contributed by atoms with E-state index in [-0.39, 0.29) is 12.0 Å². The van der Waals surface area contributed by atoms with Gasteiger partial charge < -0.3 is 5.32 Å². The van der Waals surface area contributed by atoms with Gasteiger partial charge in [-0.25, -0.2) is 8.42 Å². The summed E-state index contributed by atoms with van der Waals surface area (Å²) in [6.45, 7) is 3.86. The van der Waals surface area contributed by atoms with E-state index in [0.717, 1.165) is 28.8 Å². The maximum atomic E-state index is 13.2. The molecule has 2 N–H and O–H groups in total. The molecule has 4 nitrogen and oxygen atoms in total. The third-order valence-electron chi connectivity index (χ3n) is 6.44. The van der Waals surface area contributed by atoms with Crippen LogP contribution >= 0.6 is 0 Å². The number of fused-ring (bicyclic) bond motifs is 3. The molecule has 3 atom stereocenters. The highest BCUT2D eigenvalue weighted by Crippen LogP contribution is 2.50. The van der Waals surface area contributed by atoms with E-state index in [2.05, 4.69) is 46.5 Å². The molecule has 0 saturated heterocycles. The molecule has 3 aromatic rings. The maximum Gasteiger partial charge on any atom is 0.261 e. The molecule has 0 fully saturated rings. The molecule has 2 aliphatic rings. The Morgan fingerprint density at radius 1 is 0.968 bits per heavy atom. The molecule has 1 heterocycles. The Balaban J connectivity index is 1.50. The molecule has 5 rings (SSSR count). The van der Waals surface area contributed by atoms with Crippen LogP contribution in [0.5, 0.6) is 0 Å². The molecule has 0 radical (unpaired) electrons. The predicted molar refractivity (Wildman–Crippen MR) is 126 cm³/mol. The third kappa shape index (κ3) is 3.63. The van der Waals surface area contributed by atoms with Crippen LogP contribution in [0.1, 0.15) is 40.6 Å². The Hall–Kier alpha value is -3.05. The van der Waals surface area contributed by atoms with E-state index in [4.69, 9.17) is 0 Å². The number of rotatable bonds is 4. The maximum absolute atomic E-state index is 13.2. The molecule has 0 amide bonds. The van der Waals surface area contributed by atoms with Crippen LogP contribution in [0.2, 0.25) is 0 Å². The van der Waals surface area contributed by atoms with Gasteiger partial charge in [0.05, 0.1) is 16.6 Å². The summed E-state index contributed by atoms with van der Waals surface area (Å²) in [5.74, 6) is 0.581. The molecular formula is C26H26N2O2S. The normalized spacial score (nSPS) is 21.8. The largest absolute Gasteiger partial charge is 0.378 e. The molecule has 0 unspecified atom stereocenters. The minimum atomic E-state index is -3.68. The first-order chi connectivity index (χ1) is 14.9. The van der Waals surface area contributed by atoms with Gasteiger partial charge in [0.15, 0.2) is 0 Å². The van der Waals surface area contributed by atoms with Crippen LogP contribution in [-0.2, 0) is 10.0 Å². The monoisotopic (exact) mass is 430 g/mol. The summed E-state index contributed by atoms with van der Waals surface area (Å²) in [6, 6.07) is 21.9. The molecule has 0 bridgehead atoms. The van der Waals surface area contributed by atoms with E-state index in [9.17, 15) is 8.42 Å². The van der Waals surface area contributed by atoms with Crippen molar-refractivity contribution in [1.82, 2.24) is 0 Å². The van der Waals surface area contributed by atoms with Gasteiger partial charge in [0.2, 0.25) is 0 Å². The minimum absolute atomic E-state index is 0.206. The fourth-order valence-corrected chi connectivity index (χ4v) is 5.94. The van der Waals surface area contributed by atoms with Crippen LogP contribution in [0.4, 0.5) is 11.4 Å². The number of aryl methyl sites for hydroxylation is 2. The lowest BCUT2D eigenvalue weighted by Crippen LogP contribution is -2.29. The fraction of sp³-hybridized carbons (Fsp3) is 0.231. The van der Waals surface area contributed by atoms with Gasteiger partial charge in [0, 0.05) is 11.6 Å². The van der Waals surface area contributed by atoms with Crippen LogP contribution in [0.25, 0.3) is 0 Å². The van der Waals surface area contributed by atoms with Gasteiger partial charge in [-0.15, -0.1) is 0 Å². The first-order valence-corrected chi connectivity index (χ1v) is 12.1. The van der Waals surface area contributed by atoms with Gasteiger partial charge in [-0.1, -0.05) is 54.6 Å². The number of nitrogens with one attached hydrogen (secondary N) is 2. The summed E-state index contributed by atoms with van der Waals surface area (Å²) in [5, 5.41) is 3.67. The molecule has 1 aliphatic carbocycles. The molecule has 0 aromatic heterocycles. The van der Waals surface area contributed by atoms with E-state index in [1.807, 2.05) is 50.2 Å². The molecule has 31 heavy (non-hydrogen) atoms. The number of hydrogen-bond donors (Lipinski definition) is 2. The number of benzene rings is 3. The zero-order valence-electron chi connectivity index (χ0n) is 17.7. The molecule has 1 aliphatic heterocycles. The Kier molecular flexibility index (Phi) is 4.86. The van der Waals surface area contributed by atoms with Crippen molar-refractivity contribution < 1.29 is 8.42 Å². The van der Waals surface area contributed by atoms with E-state index in [0.29, 0.717) is 16.5 Å². The SMILES string of the molecule is Cc1ccc(C)c(NS(=O)(=O)c2ccc3c(c2)[C@H]2C=CC[C@H]2[C@@H](c2ccccc2)N3)c1. The smallest absolute Gasteiger partial charge is 0.261 e. The second-order valence-corrected chi connectivity index (χ2v) is 10.2. The number of hydrogen-bond acceptors (Lipinski definition) is 3. The quantitative estimate of drug-likeness (QED) is 0.504. The van der Waals surface area contributed by atoms with Crippen LogP contribution in [0.3, 0.4) is 0 Å². The molecule has 3 aromatic carbocycles. The van der Waals surface area contributed by atoms with Crippen molar-refractivity contribution in [1.29, 1.82) is 0 Å². The lowest BCUT2D eigenvalue weighted by molar-refractivity contribution is 0.425. The number of allylic oxidation sites excluding steroid dienone is 2. The summed E-state index contributed by atoms with van der Waals surface area (Å²) >= 11 is 0. The Morgan fingerprint density at radius 3 is 2.58 bits per heavy atom. The highest BCUT2D eigenvalue weighted by Gasteiger charge is 2.38. The van der Waals surface area contributed by atoms with Gasteiger partial charge in [0.1, 0.15) is 0 Å². The topological polar surface area (TPSA) is 58.2 Å². The van der Waals surface area contributed by atoms with Gasteiger partial charge in [-0.3, -0.25) is 4.72 Å². The first-order valence-electron chi connectivity index (χ1n) is 10.6. The molecule has 158 valence electrons. The summed E-state index contributed by atoms with van der Waals surface area (Å²) < 4.78 is 29.1. The lowest BCUT2D eigenvalue weighted by Gasteiger charge is -2.37. The van der Waals surface area contributed by atoms with Gasteiger partial charge in [-0.2, -0.15) is 0 Å². The van der Waals surface area contributed by atoms with Crippen LogP contribution in [0.15, 0.2) is 83.8 Å². The zero-order chi connectivity index (χ0) is 21.6. The number of sulfonamides is 1. The highest BCUT2D eigenvalue weighted by molar-refractivity contribution is 7.92.